The highest BCUT2D eigenvalue weighted by molar-refractivity contribution is 5.81. The predicted molar refractivity (Wildman–Crippen MR) is 104 cm³/mol. The summed E-state index contributed by atoms with van der Waals surface area (Å²) < 4.78 is 16.1. The number of benzene rings is 1. The van der Waals surface area contributed by atoms with Crippen LogP contribution < -0.4 is 9.47 Å². The molecule has 152 valence electrons. The van der Waals surface area contributed by atoms with Crippen LogP contribution in [0.3, 0.4) is 0 Å². The lowest BCUT2D eigenvalue weighted by Crippen LogP contribution is -2.51. The van der Waals surface area contributed by atoms with Crippen molar-refractivity contribution < 1.29 is 18.8 Å². The lowest BCUT2D eigenvalue weighted by atomic mass is 9.94. The Morgan fingerprint density at radius 3 is 2.46 bits per heavy atom. The van der Waals surface area contributed by atoms with Gasteiger partial charge in [-0.15, -0.1) is 0 Å². The molecule has 0 spiro atoms. The van der Waals surface area contributed by atoms with Gasteiger partial charge in [-0.05, 0) is 12.1 Å². The third-order valence-corrected chi connectivity index (χ3v) is 4.78. The van der Waals surface area contributed by atoms with Gasteiger partial charge in [0.25, 0.3) is 0 Å². The van der Waals surface area contributed by atoms with Gasteiger partial charge in [0.15, 0.2) is 0 Å². The van der Waals surface area contributed by atoms with Crippen molar-refractivity contribution in [2.45, 2.75) is 27.3 Å². The van der Waals surface area contributed by atoms with E-state index in [0.717, 1.165) is 18.7 Å². The number of ether oxygens (including phenoxy) is 2. The van der Waals surface area contributed by atoms with Gasteiger partial charge >= 0.3 is 0 Å². The fraction of sp³-hybridized carbons (Fsp3) is 0.550. The Kier molecular flexibility index (Phi) is 5.88. The second kappa shape index (κ2) is 8.18. The maximum absolute atomic E-state index is 12.4. The highest BCUT2D eigenvalue weighted by Gasteiger charge is 2.30. The van der Waals surface area contributed by atoms with E-state index < -0.39 is 0 Å². The van der Waals surface area contributed by atoms with Gasteiger partial charge in [0.05, 0.1) is 26.3 Å². The molecule has 2 heterocycles. The van der Waals surface area contributed by atoms with Gasteiger partial charge in [0.2, 0.25) is 17.6 Å². The summed E-state index contributed by atoms with van der Waals surface area (Å²) in [7, 11) is 3.20. The van der Waals surface area contributed by atoms with Crippen LogP contribution in [0.4, 0.5) is 0 Å². The third-order valence-electron chi connectivity index (χ3n) is 4.78. The molecule has 1 aliphatic rings. The fourth-order valence-corrected chi connectivity index (χ4v) is 3.19. The zero-order valence-corrected chi connectivity index (χ0v) is 17.2. The first kappa shape index (κ1) is 20.1. The van der Waals surface area contributed by atoms with E-state index in [9.17, 15) is 4.79 Å². The molecule has 1 aliphatic heterocycles. The summed E-state index contributed by atoms with van der Waals surface area (Å²) in [5.74, 6) is 2.55. The Morgan fingerprint density at radius 1 is 1.14 bits per heavy atom. The SMILES string of the molecule is COc1ccc(-c2noc(CN3CCN(C(=O)C(C)(C)C)CC3)n2)c(OC)c1. The molecule has 28 heavy (non-hydrogen) atoms. The maximum atomic E-state index is 12.4. The van der Waals surface area contributed by atoms with Crippen LogP contribution in [0.25, 0.3) is 11.4 Å². The first-order valence-corrected chi connectivity index (χ1v) is 9.38. The molecular formula is C20H28N4O4. The molecule has 8 nitrogen and oxygen atoms in total. The Morgan fingerprint density at radius 2 is 1.86 bits per heavy atom. The molecule has 0 atom stereocenters. The number of aromatic nitrogens is 2. The van der Waals surface area contributed by atoms with Crippen LogP contribution in [0.15, 0.2) is 22.7 Å². The van der Waals surface area contributed by atoms with Crippen LogP contribution in [-0.2, 0) is 11.3 Å². The minimum absolute atomic E-state index is 0.193. The Hall–Kier alpha value is -2.61. The molecule has 1 saturated heterocycles. The molecule has 0 N–H and O–H groups in total. The highest BCUT2D eigenvalue weighted by atomic mass is 16.5. The van der Waals surface area contributed by atoms with E-state index in [4.69, 9.17) is 14.0 Å². The first-order chi connectivity index (χ1) is 13.3. The average molecular weight is 388 g/mol. The fourth-order valence-electron chi connectivity index (χ4n) is 3.19. The topological polar surface area (TPSA) is 80.9 Å². The number of amides is 1. The average Bonchev–Trinajstić information content (AvgIpc) is 3.15. The number of hydrogen-bond donors (Lipinski definition) is 0. The van der Waals surface area contributed by atoms with Crippen LogP contribution in [0.1, 0.15) is 26.7 Å². The van der Waals surface area contributed by atoms with Crippen molar-refractivity contribution in [3.05, 3.63) is 24.1 Å². The van der Waals surface area contributed by atoms with E-state index in [2.05, 4.69) is 15.0 Å². The van der Waals surface area contributed by atoms with Gasteiger partial charge in [-0.3, -0.25) is 9.69 Å². The smallest absolute Gasteiger partial charge is 0.241 e. The number of carbonyl (C=O) groups excluding carboxylic acids is 1. The van der Waals surface area contributed by atoms with E-state index in [0.29, 0.717) is 42.8 Å². The number of hydrogen-bond acceptors (Lipinski definition) is 7. The van der Waals surface area contributed by atoms with Gasteiger partial charge in [-0.1, -0.05) is 25.9 Å². The number of piperazine rings is 1. The van der Waals surface area contributed by atoms with Crippen LogP contribution in [0.2, 0.25) is 0 Å². The maximum Gasteiger partial charge on any atom is 0.241 e. The zero-order valence-electron chi connectivity index (χ0n) is 17.2. The van der Waals surface area contributed by atoms with E-state index in [-0.39, 0.29) is 11.3 Å². The molecule has 1 aromatic heterocycles. The summed E-state index contributed by atoms with van der Waals surface area (Å²) in [6.45, 7) is 9.41. The quantitative estimate of drug-likeness (QED) is 0.778. The van der Waals surface area contributed by atoms with Crippen molar-refractivity contribution in [2.75, 3.05) is 40.4 Å². The summed E-state index contributed by atoms with van der Waals surface area (Å²) >= 11 is 0. The van der Waals surface area contributed by atoms with Crippen molar-refractivity contribution >= 4 is 5.91 Å². The minimum Gasteiger partial charge on any atom is -0.497 e. The predicted octanol–water partition coefficient (Wildman–Crippen LogP) is 2.44. The molecule has 1 amide bonds. The van der Waals surface area contributed by atoms with Crippen molar-refractivity contribution in [3.63, 3.8) is 0 Å². The molecule has 3 rings (SSSR count). The van der Waals surface area contributed by atoms with Crippen LogP contribution >= 0.6 is 0 Å². The van der Waals surface area contributed by atoms with Crippen LogP contribution in [0, 0.1) is 5.41 Å². The largest absolute Gasteiger partial charge is 0.497 e. The lowest BCUT2D eigenvalue weighted by molar-refractivity contribution is -0.141. The Labute approximate surface area is 165 Å². The van der Waals surface area contributed by atoms with Gasteiger partial charge < -0.3 is 18.9 Å². The summed E-state index contributed by atoms with van der Waals surface area (Å²) in [5.41, 5.74) is 0.403. The van der Waals surface area contributed by atoms with E-state index in [1.807, 2.05) is 37.8 Å². The Balaban J connectivity index is 1.63. The molecule has 1 aromatic carbocycles. The zero-order chi connectivity index (χ0) is 20.3. The molecule has 0 bridgehead atoms. The molecule has 1 fully saturated rings. The molecule has 8 heteroatoms. The monoisotopic (exact) mass is 388 g/mol. The number of carbonyl (C=O) groups is 1. The molecular weight excluding hydrogens is 360 g/mol. The molecule has 0 aliphatic carbocycles. The van der Waals surface area contributed by atoms with Gasteiger partial charge in [-0.25, -0.2) is 0 Å². The molecule has 0 unspecified atom stereocenters. The molecule has 2 aromatic rings. The van der Waals surface area contributed by atoms with Crippen molar-refractivity contribution in [3.8, 4) is 22.9 Å². The van der Waals surface area contributed by atoms with Crippen LogP contribution in [0.5, 0.6) is 11.5 Å². The van der Waals surface area contributed by atoms with E-state index >= 15 is 0 Å². The standard InChI is InChI=1S/C20H28N4O4/c1-20(2,3)19(25)24-10-8-23(9-11-24)13-17-21-18(22-28-17)15-7-6-14(26-4)12-16(15)27-5/h6-7,12H,8-11,13H2,1-5H3. The highest BCUT2D eigenvalue weighted by Crippen LogP contribution is 2.31. The molecule has 0 saturated carbocycles. The second-order valence-corrected chi connectivity index (χ2v) is 7.90. The summed E-state index contributed by atoms with van der Waals surface area (Å²) in [6.07, 6.45) is 0. The van der Waals surface area contributed by atoms with Crippen molar-refractivity contribution in [1.29, 1.82) is 0 Å². The van der Waals surface area contributed by atoms with Gasteiger partial charge in [0, 0.05) is 37.7 Å². The third kappa shape index (κ3) is 4.44. The normalized spacial score (nSPS) is 15.5. The van der Waals surface area contributed by atoms with Crippen molar-refractivity contribution in [2.24, 2.45) is 5.41 Å². The second-order valence-electron chi connectivity index (χ2n) is 7.90. The number of nitrogens with zero attached hydrogens (tertiary/aromatic N) is 4. The summed E-state index contributed by atoms with van der Waals surface area (Å²) in [5, 5.41) is 4.09. The van der Waals surface area contributed by atoms with Crippen molar-refractivity contribution in [1.82, 2.24) is 19.9 Å². The van der Waals surface area contributed by atoms with Gasteiger partial charge in [-0.2, -0.15) is 4.98 Å². The summed E-state index contributed by atoms with van der Waals surface area (Å²) in [6, 6.07) is 5.47. The molecule has 0 radical (unpaired) electrons. The van der Waals surface area contributed by atoms with Gasteiger partial charge in [0.1, 0.15) is 11.5 Å². The van der Waals surface area contributed by atoms with Crippen LogP contribution in [-0.4, -0.2) is 66.2 Å². The van der Waals surface area contributed by atoms with E-state index in [1.165, 1.54) is 0 Å². The first-order valence-electron chi connectivity index (χ1n) is 9.38. The lowest BCUT2D eigenvalue weighted by Gasteiger charge is -2.37. The Bertz CT molecular complexity index is 820. The summed E-state index contributed by atoms with van der Waals surface area (Å²) in [4.78, 5) is 21.1. The number of rotatable bonds is 5. The number of methoxy groups -OCH3 is 2. The minimum atomic E-state index is -0.346. The van der Waals surface area contributed by atoms with E-state index in [1.54, 1.807) is 20.3 Å².